The van der Waals surface area contributed by atoms with Gasteiger partial charge in [-0.25, -0.2) is 4.57 Å². The van der Waals surface area contributed by atoms with E-state index >= 15 is 0 Å². The predicted molar refractivity (Wildman–Crippen MR) is 99.8 cm³/mol. The van der Waals surface area contributed by atoms with Crippen molar-refractivity contribution in [1.82, 2.24) is 9.13 Å². The molecule has 126 valence electrons. The molecular formula is C19H16N2O4. The molecule has 0 aliphatic rings. The first-order valence-electron chi connectivity index (χ1n) is 7.71. The summed E-state index contributed by atoms with van der Waals surface area (Å²) in [5.41, 5.74) is -1.06. The summed E-state index contributed by atoms with van der Waals surface area (Å²) in [5.74, 6) is 0. The van der Waals surface area contributed by atoms with Crippen molar-refractivity contribution in [2.24, 2.45) is 7.05 Å². The van der Waals surface area contributed by atoms with E-state index in [1.54, 1.807) is 12.2 Å². The van der Waals surface area contributed by atoms with Crippen LogP contribution in [0, 0.1) is 0 Å². The highest BCUT2D eigenvalue weighted by molar-refractivity contribution is 5.98. The lowest BCUT2D eigenvalue weighted by molar-refractivity contribution is 0.856. The summed E-state index contributed by atoms with van der Waals surface area (Å²) in [6, 6.07) is 2.63. The molecular weight excluding hydrogens is 320 g/mol. The van der Waals surface area contributed by atoms with Crippen molar-refractivity contribution in [2.75, 3.05) is 0 Å². The molecule has 25 heavy (non-hydrogen) atoms. The number of benzene rings is 1. The minimum absolute atomic E-state index is 0.101. The summed E-state index contributed by atoms with van der Waals surface area (Å²) in [4.78, 5) is 49.4. The average Bonchev–Trinajstić information content (AvgIpc) is 2.97. The third-order valence-electron chi connectivity index (χ3n) is 4.35. The van der Waals surface area contributed by atoms with Gasteiger partial charge in [0.15, 0.2) is 0 Å². The van der Waals surface area contributed by atoms with Gasteiger partial charge in [0.05, 0.1) is 21.5 Å². The Morgan fingerprint density at radius 2 is 1.32 bits per heavy atom. The van der Waals surface area contributed by atoms with Crippen molar-refractivity contribution in [2.45, 2.75) is 13.3 Å². The standard InChI is InChI=1S/C19H16N2O4/c1-5-10(2)6-7-11(3)21-18(24)14-8-12-13(9-15(14)19(21)25)17(23)20(4)16(12)22/h6-9H,2-3,5H2,1,4H3/b7-6-. The Balaban J connectivity index is 2.32. The zero-order chi connectivity index (χ0) is 18.5. The maximum absolute atomic E-state index is 12.6. The zero-order valence-corrected chi connectivity index (χ0v) is 14.0. The van der Waals surface area contributed by atoms with Crippen LogP contribution in [0.4, 0.5) is 0 Å². The number of hydrogen-bond acceptors (Lipinski definition) is 4. The summed E-state index contributed by atoms with van der Waals surface area (Å²) in [6.07, 6.45) is 3.97. The van der Waals surface area contributed by atoms with Crippen LogP contribution in [0.3, 0.4) is 0 Å². The van der Waals surface area contributed by atoms with E-state index in [1.165, 1.54) is 19.2 Å². The van der Waals surface area contributed by atoms with Crippen LogP contribution in [0.25, 0.3) is 27.2 Å². The Morgan fingerprint density at radius 1 is 0.880 bits per heavy atom. The molecule has 0 fully saturated rings. The lowest BCUT2D eigenvalue weighted by Crippen LogP contribution is -2.23. The first kappa shape index (κ1) is 16.6. The fourth-order valence-corrected chi connectivity index (χ4v) is 2.76. The number of hydrogen-bond donors (Lipinski definition) is 0. The summed E-state index contributed by atoms with van der Waals surface area (Å²) in [7, 11) is 1.36. The Morgan fingerprint density at radius 3 is 1.76 bits per heavy atom. The molecule has 3 aromatic rings. The maximum atomic E-state index is 12.6. The Labute approximate surface area is 141 Å². The molecule has 0 spiro atoms. The van der Waals surface area contributed by atoms with E-state index in [9.17, 15) is 19.2 Å². The fourth-order valence-electron chi connectivity index (χ4n) is 2.76. The lowest BCUT2D eigenvalue weighted by atomic mass is 10.1. The van der Waals surface area contributed by atoms with Gasteiger partial charge >= 0.3 is 0 Å². The molecule has 0 N–H and O–H groups in total. The number of fused-ring (bicyclic) bond motifs is 2. The molecule has 0 radical (unpaired) electrons. The highest BCUT2D eigenvalue weighted by atomic mass is 16.2. The van der Waals surface area contributed by atoms with Crippen molar-refractivity contribution >= 4 is 27.2 Å². The van der Waals surface area contributed by atoms with Gasteiger partial charge in [0.2, 0.25) is 0 Å². The van der Waals surface area contributed by atoms with Gasteiger partial charge in [0.1, 0.15) is 0 Å². The van der Waals surface area contributed by atoms with Crippen molar-refractivity contribution in [1.29, 1.82) is 0 Å². The minimum atomic E-state index is -0.561. The molecule has 0 saturated carbocycles. The summed E-state index contributed by atoms with van der Waals surface area (Å²) < 4.78 is 1.91. The number of allylic oxidation sites excluding steroid dienone is 4. The highest BCUT2D eigenvalue weighted by Gasteiger charge is 2.18. The molecule has 1 aromatic carbocycles. The van der Waals surface area contributed by atoms with Gasteiger partial charge in [-0.15, -0.1) is 0 Å². The van der Waals surface area contributed by atoms with Crippen LogP contribution in [0.1, 0.15) is 13.3 Å². The molecule has 3 rings (SSSR count). The molecule has 0 bridgehead atoms. The van der Waals surface area contributed by atoms with Crippen LogP contribution >= 0.6 is 0 Å². The molecule has 0 aliphatic carbocycles. The highest BCUT2D eigenvalue weighted by Crippen LogP contribution is 2.15. The Bertz CT molecular complexity index is 1210. The van der Waals surface area contributed by atoms with E-state index < -0.39 is 22.2 Å². The summed E-state index contributed by atoms with van der Waals surface area (Å²) in [6.45, 7) is 9.52. The second-order valence-corrected chi connectivity index (χ2v) is 5.89. The number of nitrogens with zero attached hydrogens (tertiary/aromatic N) is 2. The van der Waals surface area contributed by atoms with Gasteiger partial charge in [0.25, 0.3) is 22.2 Å². The van der Waals surface area contributed by atoms with Gasteiger partial charge in [-0.3, -0.25) is 23.7 Å². The largest absolute Gasteiger partial charge is 0.277 e. The summed E-state index contributed by atoms with van der Waals surface area (Å²) in [5, 5.41) is 0.470. The van der Waals surface area contributed by atoms with Crippen LogP contribution in [0.15, 0.2) is 62.2 Å². The van der Waals surface area contributed by atoms with Crippen LogP contribution in [-0.4, -0.2) is 9.13 Å². The van der Waals surface area contributed by atoms with Crippen molar-refractivity contribution < 1.29 is 0 Å². The van der Waals surface area contributed by atoms with E-state index in [0.717, 1.165) is 21.1 Å². The normalized spacial score (nSPS) is 11.8. The van der Waals surface area contributed by atoms with Gasteiger partial charge in [-0.2, -0.15) is 0 Å². The quantitative estimate of drug-likeness (QED) is 0.676. The zero-order valence-electron chi connectivity index (χ0n) is 14.0. The molecule has 0 unspecified atom stereocenters. The number of rotatable bonds is 4. The third kappa shape index (κ3) is 2.34. The Kier molecular flexibility index (Phi) is 3.75. The molecule has 2 heterocycles. The lowest BCUT2D eigenvalue weighted by Gasteiger charge is -1.98. The van der Waals surface area contributed by atoms with E-state index in [0.29, 0.717) is 0 Å². The maximum Gasteiger partial charge on any atom is 0.266 e. The number of aromatic nitrogens is 2. The first-order chi connectivity index (χ1) is 11.8. The van der Waals surface area contributed by atoms with Gasteiger partial charge in [0, 0.05) is 12.7 Å². The monoisotopic (exact) mass is 336 g/mol. The van der Waals surface area contributed by atoms with Crippen LogP contribution in [0.5, 0.6) is 0 Å². The molecule has 0 aliphatic heterocycles. The molecule has 0 amide bonds. The van der Waals surface area contributed by atoms with E-state index in [4.69, 9.17) is 0 Å². The average molecular weight is 336 g/mol. The predicted octanol–water partition coefficient (Wildman–Crippen LogP) is 1.44. The van der Waals surface area contributed by atoms with Gasteiger partial charge in [-0.05, 0) is 24.6 Å². The molecule has 0 atom stereocenters. The second kappa shape index (κ2) is 5.66. The van der Waals surface area contributed by atoms with Crippen LogP contribution in [-0.2, 0) is 7.05 Å². The second-order valence-electron chi connectivity index (χ2n) is 5.89. The SMILES string of the molecule is C=C(/C=C\C(=C)n1c(=O)c2cc3c(=O)n(C)c(=O)c3cc2c1=O)CC. The fraction of sp³-hybridized carbons (Fsp3) is 0.158. The van der Waals surface area contributed by atoms with Crippen LogP contribution < -0.4 is 22.2 Å². The molecule has 2 aromatic heterocycles. The smallest absolute Gasteiger partial charge is 0.266 e. The van der Waals surface area contributed by atoms with Crippen molar-refractivity contribution in [3.8, 4) is 0 Å². The Hall–Kier alpha value is -3.28. The van der Waals surface area contributed by atoms with E-state index in [2.05, 4.69) is 13.2 Å². The van der Waals surface area contributed by atoms with Crippen LogP contribution in [0.2, 0.25) is 0 Å². The van der Waals surface area contributed by atoms with Crippen molar-refractivity contribution in [3.05, 3.63) is 84.4 Å². The van der Waals surface area contributed by atoms with E-state index in [1.807, 2.05) is 6.92 Å². The first-order valence-corrected chi connectivity index (χ1v) is 7.71. The van der Waals surface area contributed by atoms with Crippen molar-refractivity contribution in [3.63, 3.8) is 0 Å². The van der Waals surface area contributed by atoms with Gasteiger partial charge < -0.3 is 0 Å². The topological polar surface area (TPSA) is 78.1 Å². The minimum Gasteiger partial charge on any atom is -0.277 e. The third-order valence-corrected chi connectivity index (χ3v) is 4.35. The molecule has 6 heteroatoms. The molecule has 0 saturated heterocycles. The summed E-state index contributed by atoms with van der Waals surface area (Å²) >= 11 is 0. The van der Waals surface area contributed by atoms with E-state index in [-0.39, 0.29) is 27.2 Å². The molecule has 6 nitrogen and oxygen atoms in total. The van der Waals surface area contributed by atoms with Gasteiger partial charge in [-0.1, -0.05) is 31.7 Å².